The second-order valence-corrected chi connectivity index (χ2v) is 13.0. The van der Waals surface area contributed by atoms with Crippen LogP contribution in [0.1, 0.15) is 33.6 Å². The highest BCUT2D eigenvalue weighted by Crippen LogP contribution is 2.44. The summed E-state index contributed by atoms with van der Waals surface area (Å²) in [6, 6.07) is 21.5. The summed E-state index contributed by atoms with van der Waals surface area (Å²) >= 11 is 0. The van der Waals surface area contributed by atoms with Crippen LogP contribution in [0.15, 0.2) is 73.3 Å². The number of hydrogen-bond donors (Lipinski definition) is 1. The fraction of sp³-hybridized carbons (Fsp3) is 0.417. The van der Waals surface area contributed by atoms with E-state index in [1.54, 1.807) is 0 Å². The van der Waals surface area contributed by atoms with Gasteiger partial charge in [0, 0.05) is 6.61 Å². The van der Waals surface area contributed by atoms with Crippen molar-refractivity contribution in [2.45, 2.75) is 44.8 Å². The van der Waals surface area contributed by atoms with Crippen LogP contribution in [0.4, 0.5) is 0 Å². The lowest BCUT2D eigenvalue weighted by Crippen LogP contribution is -2.66. The Morgan fingerprint density at radius 3 is 2.04 bits per heavy atom. The van der Waals surface area contributed by atoms with Gasteiger partial charge in [0.1, 0.15) is 0 Å². The van der Waals surface area contributed by atoms with Gasteiger partial charge in [0.05, 0.1) is 6.10 Å². The Bertz CT molecular complexity index is 696. The van der Waals surface area contributed by atoms with Crippen LogP contribution in [-0.4, -0.2) is 26.1 Å². The van der Waals surface area contributed by atoms with E-state index in [0.717, 1.165) is 6.42 Å². The van der Waals surface area contributed by atoms with Crippen molar-refractivity contribution in [1.29, 1.82) is 0 Å². The number of rotatable bonds is 8. The number of hydrogen-bond acceptors (Lipinski definition) is 2. The molecular weight excluding hydrogens is 348 g/mol. The van der Waals surface area contributed by atoms with Crippen molar-refractivity contribution < 1.29 is 9.53 Å². The second-order valence-electron chi connectivity index (χ2n) is 8.73. The van der Waals surface area contributed by atoms with Crippen LogP contribution in [0, 0.1) is 11.8 Å². The molecule has 3 heteroatoms. The topological polar surface area (TPSA) is 29.5 Å². The van der Waals surface area contributed by atoms with Gasteiger partial charge >= 0.3 is 0 Å². The molecule has 2 aromatic rings. The van der Waals surface area contributed by atoms with Crippen LogP contribution < -0.4 is 10.4 Å². The maximum absolute atomic E-state index is 10.3. The van der Waals surface area contributed by atoms with Gasteiger partial charge in [-0.05, 0) is 40.1 Å². The first kappa shape index (κ1) is 20.1. The number of benzene rings is 2. The molecule has 0 saturated heterocycles. The number of aliphatic hydroxyl groups is 1. The fourth-order valence-electron chi connectivity index (χ4n) is 4.27. The summed E-state index contributed by atoms with van der Waals surface area (Å²) in [6.07, 6.45) is 3.24. The first-order valence-corrected chi connectivity index (χ1v) is 11.8. The molecule has 0 heterocycles. The fourth-order valence-corrected chi connectivity index (χ4v) is 8.89. The van der Waals surface area contributed by atoms with E-state index in [4.69, 9.17) is 4.43 Å². The molecule has 3 rings (SSSR count). The molecule has 2 nitrogen and oxygen atoms in total. The molecule has 1 fully saturated rings. The van der Waals surface area contributed by atoms with Crippen LogP contribution in [0.3, 0.4) is 0 Å². The lowest BCUT2D eigenvalue weighted by molar-refractivity contribution is 0.140. The minimum atomic E-state index is -2.46. The van der Waals surface area contributed by atoms with Crippen molar-refractivity contribution in [1.82, 2.24) is 0 Å². The van der Waals surface area contributed by atoms with E-state index in [-0.39, 0.29) is 11.1 Å². The lowest BCUT2D eigenvalue weighted by atomic mass is 10.1. The Morgan fingerprint density at radius 2 is 1.59 bits per heavy atom. The van der Waals surface area contributed by atoms with Crippen molar-refractivity contribution in [2.24, 2.45) is 11.8 Å². The summed E-state index contributed by atoms with van der Waals surface area (Å²) in [7, 11) is -2.46. The van der Waals surface area contributed by atoms with Gasteiger partial charge in [0.25, 0.3) is 8.32 Å². The highest BCUT2D eigenvalue weighted by atomic mass is 28.4. The molecule has 0 bridgehead atoms. The number of aliphatic hydroxyl groups excluding tert-OH is 1. The summed E-state index contributed by atoms with van der Waals surface area (Å²) < 4.78 is 6.95. The Balaban J connectivity index is 1.92. The van der Waals surface area contributed by atoms with Crippen molar-refractivity contribution >= 4 is 18.7 Å². The molecule has 0 aliphatic heterocycles. The van der Waals surface area contributed by atoms with Gasteiger partial charge in [-0.15, -0.1) is 6.58 Å². The maximum Gasteiger partial charge on any atom is 0.261 e. The predicted octanol–water partition coefficient (Wildman–Crippen LogP) is 4.14. The zero-order valence-electron chi connectivity index (χ0n) is 16.8. The molecule has 1 aliphatic rings. The molecule has 27 heavy (non-hydrogen) atoms. The first-order chi connectivity index (χ1) is 12.9. The SMILES string of the molecule is C=CC[C@@H](O)[C@@H]1C[C@H]1CO[Si](c1ccccc1)(c1ccccc1)C(C)(C)C. The zero-order valence-corrected chi connectivity index (χ0v) is 17.8. The molecule has 3 atom stereocenters. The Kier molecular flexibility index (Phi) is 6.04. The molecule has 1 N–H and O–H groups in total. The average Bonchev–Trinajstić information content (AvgIpc) is 3.43. The highest BCUT2D eigenvalue weighted by Gasteiger charge is 2.52. The van der Waals surface area contributed by atoms with E-state index in [2.05, 4.69) is 88.0 Å². The molecule has 0 aromatic heterocycles. The Morgan fingerprint density at radius 1 is 1.07 bits per heavy atom. The zero-order chi connectivity index (χ0) is 19.5. The smallest absolute Gasteiger partial charge is 0.261 e. The lowest BCUT2D eigenvalue weighted by Gasteiger charge is -2.43. The summed E-state index contributed by atoms with van der Waals surface area (Å²) in [5.74, 6) is 0.794. The molecule has 1 saturated carbocycles. The third-order valence-corrected chi connectivity index (χ3v) is 10.8. The monoisotopic (exact) mass is 380 g/mol. The van der Waals surface area contributed by atoms with E-state index in [9.17, 15) is 5.11 Å². The average molecular weight is 381 g/mol. The molecule has 2 aromatic carbocycles. The Labute approximate surface area is 165 Å². The van der Waals surface area contributed by atoms with Gasteiger partial charge in [-0.1, -0.05) is 87.5 Å². The second kappa shape index (κ2) is 8.13. The summed E-state index contributed by atoms with van der Waals surface area (Å²) in [5.41, 5.74) is 0. The minimum Gasteiger partial charge on any atom is -0.407 e. The molecule has 144 valence electrons. The standard InChI is InChI=1S/C24H32O2Si/c1-5-12-23(25)22-17-19(22)18-26-27(24(2,3)4,20-13-8-6-9-14-20)21-15-10-7-11-16-21/h5-11,13-16,19,22-23,25H,1,12,17-18H2,2-4H3/t19-,22+,23+/m0/s1. The van der Waals surface area contributed by atoms with Crippen molar-refractivity contribution in [3.05, 3.63) is 73.3 Å². The summed E-state index contributed by atoms with van der Waals surface area (Å²) in [5, 5.41) is 12.9. The largest absolute Gasteiger partial charge is 0.407 e. The van der Waals surface area contributed by atoms with Gasteiger partial charge in [-0.2, -0.15) is 0 Å². The third-order valence-electron chi connectivity index (χ3n) is 5.81. The molecule has 0 amide bonds. The molecular formula is C24H32O2Si. The van der Waals surface area contributed by atoms with Gasteiger partial charge < -0.3 is 9.53 Å². The highest BCUT2D eigenvalue weighted by molar-refractivity contribution is 6.99. The summed E-state index contributed by atoms with van der Waals surface area (Å²) in [4.78, 5) is 0. The van der Waals surface area contributed by atoms with Crippen LogP contribution >= 0.6 is 0 Å². The van der Waals surface area contributed by atoms with Crippen LogP contribution in [0.2, 0.25) is 5.04 Å². The Hall–Kier alpha value is -1.68. The van der Waals surface area contributed by atoms with E-state index >= 15 is 0 Å². The normalized spacial score (nSPS) is 20.9. The van der Waals surface area contributed by atoms with Crippen molar-refractivity contribution in [3.8, 4) is 0 Å². The van der Waals surface area contributed by atoms with E-state index in [0.29, 0.717) is 24.9 Å². The quantitative estimate of drug-likeness (QED) is 0.551. The molecule has 1 aliphatic carbocycles. The van der Waals surface area contributed by atoms with E-state index < -0.39 is 8.32 Å². The minimum absolute atomic E-state index is 0.000173. The summed E-state index contributed by atoms with van der Waals surface area (Å²) in [6.45, 7) is 11.4. The van der Waals surface area contributed by atoms with Crippen molar-refractivity contribution in [3.63, 3.8) is 0 Å². The maximum atomic E-state index is 10.3. The van der Waals surface area contributed by atoms with E-state index in [1.807, 2.05) is 6.08 Å². The predicted molar refractivity (Wildman–Crippen MR) is 116 cm³/mol. The van der Waals surface area contributed by atoms with Crippen LogP contribution in [0.25, 0.3) is 0 Å². The van der Waals surface area contributed by atoms with Gasteiger partial charge in [-0.25, -0.2) is 0 Å². The van der Waals surface area contributed by atoms with Gasteiger partial charge in [-0.3, -0.25) is 0 Å². The molecule has 0 unspecified atom stereocenters. The van der Waals surface area contributed by atoms with Crippen LogP contribution in [0.5, 0.6) is 0 Å². The third kappa shape index (κ3) is 4.10. The van der Waals surface area contributed by atoms with Crippen LogP contribution in [-0.2, 0) is 4.43 Å². The van der Waals surface area contributed by atoms with Gasteiger partial charge in [0.2, 0.25) is 0 Å². The molecule has 0 spiro atoms. The molecule has 0 radical (unpaired) electrons. The van der Waals surface area contributed by atoms with Gasteiger partial charge in [0.15, 0.2) is 0 Å². The van der Waals surface area contributed by atoms with Crippen molar-refractivity contribution in [2.75, 3.05) is 6.61 Å². The van der Waals surface area contributed by atoms with E-state index in [1.165, 1.54) is 10.4 Å². The first-order valence-electron chi connectivity index (χ1n) is 9.94.